The summed E-state index contributed by atoms with van der Waals surface area (Å²) in [5.41, 5.74) is 22.6. The van der Waals surface area contributed by atoms with E-state index < -0.39 is 5.41 Å². The molecule has 1 nitrogen and oxygen atoms in total. The molecule has 2 heteroatoms. The van der Waals surface area contributed by atoms with Crippen LogP contribution in [-0.4, -0.2) is 4.75 Å². The van der Waals surface area contributed by atoms with E-state index in [1.807, 2.05) is 11.8 Å². The topological polar surface area (TPSA) is 26.0 Å². The number of aryl methyl sites for hydroxylation is 1. The fraction of sp³-hybridized carbons (Fsp3) is 0.111. The molecule has 47 heavy (non-hydrogen) atoms. The van der Waals surface area contributed by atoms with Crippen LogP contribution < -0.4 is 5.73 Å². The van der Waals surface area contributed by atoms with Crippen molar-refractivity contribution in [3.8, 4) is 22.3 Å². The van der Waals surface area contributed by atoms with Gasteiger partial charge in [0.05, 0.1) is 10.2 Å². The van der Waals surface area contributed by atoms with Crippen molar-refractivity contribution in [3.63, 3.8) is 0 Å². The molecule has 0 fully saturated rings. The van der Waals surface area contributed by atoms with Crippen molar-refractivity contribution in [1.82, 2.24) is 0 Å². The Hall–Kier alpha value is -5.05. The normalized spacial score (nSPS) is 19.8. The summed E-state index contributed by atoms with van der Waals surface area (Å²) < 4.78 is -0.171. The van der Waals surface area contributed by atoms with Crippen molar-refractivity contribution in [2.45, 2.75) is 34.8 Å². The molecule has 0 amide bonds. The minimum atomic E-state index is -0.489. The molecule has 2 aliphatic carbocycles. The minimum Gasteiger partial charge on any atom is -0.398 e. The predicted molar refractivity (Wildman–Crippen MR) is 199 cm³/mol. The molecular formula is C45H35NS. The van der Waals surface area contributed by atoms with E-state index in [-0.39, 0.29) is 10.7 Å². The maximum absolute atomic E-state index is 6.88. The molecule has 0 saturated carbocycles. The van der Waals surface area contributed by atoms with Crippen molar-refractivity contribution in [1.29, 1.82) is 0 Å². The zero-order chi connectivity index (χ0) is 31.8. The molecule has 1 aliphatic heterocycles. The van der Waals surface area contributed by atoms with Crippen LogP contribution in [0.5, 0.6) is 0 Å². The first-order valence-electron chi connectivity index (χ1n) is 16.4. The highest BCUT2D eigenvalue weighted by atomic mass is 32.2. The summed E-state index contributed by atoms with van der Waals surface area (Å²) in [6.07, 6.45) is 7.01. The van der Waals surface area contributed by atoms with Gasteiger partial charge in [-0.3, -0.25) is 0 Å². The highest BCUT2D eigenvalue weighted by molar-refractivity contribution is 8.01. The molecular weight excluding hydrogens is 587 g/mol. The van der Waals surface area contributed by atoms with Crippen LogP contribution in [0, 0.1) is 6.92 Å². The fourth-order valence-corrected chi connectivity index (χ4v) is 10.2. The van der Waals surface area contributed by atoms with E-state index in [1.165, 1.54) is 66.1 Å². The number of anilines is 1. The lowest BCUT2D eigenvalue weighted by atomic mass is 9.66. The van der Waals surface area contributed by atoms with Crippen molar-refractivity contribution in [2.24, 2.45) is 0 Å². The molecule has 2 unspecified atom stereocenters. The van der Waals surface area contributed by atoms with Gasteiger partial charge in [-0.1, -0.05) is 145 Å². The second kappa shape index (κ2) is 10.5. The number of thioether (sulfide) groups is 1. The Morgan fingerprint density at radius 2 is 1.26 bits per heavy atom. The molecule has 0 saturated heterocycles. The van der Waals surface area contributed by atoms with Crippen LogP contribution >= 0.6 is 11.8 Å². The van der Waals surface area contributed by atoms with Gasteiger partial charge >= 0.3 is 0 Å². The number of hydrogen-bond acceptors (Lipinski definition) is 2. The average Bonchev–Trinajstić information content (AvgIpc) is 3.59. The fourth-order valence-electron chi connectivity index (χ4n) is 8.54. The number of benzene rings is 6. The summed E-state index contributed by atoms with van der Waals surface area (Å²) >= 11 is 2.00. The molecule has 9 rings (SSSR count). The molecule has 2 atom stereocenters. The van der Waals surface area contributed by atoms with Gasteiger partial charge in [0.1, 0.15) is 0 Å². The van der Waals surface area contributed by atoms with Crippen molar-refractivity contribution in [3.05, 3.63) is 197 Å². The Kier molecular flexibility index (Phi) is 6.29. The summed E-state index contributed by atoms with van der Waals surface area (Å²) in [5.74, 6) is 0.201. The lowest BCUT2D eigenvalue weighted by molar-refractivity contribution is 0.710. The van der Waals surface area contributed by atoms with E-state index >= 15 is 0 Å². The van der Waals surface area contributed by atoms with E-state index in [0.717, 1.165) is 11.3 Å². The van der Waals surface area contributed by atoms with Gasteiger partial charge in [0, 0.05) is 22.1 Å². The first kappa shape index (κ1) is 28.2. The Morgan fingerprint density at radius 3 is 1.96 bits per heavy atom. The van der Waals surface area contributed by atoms with Crippen molar-refractivity contribution < 1.29 is 0 Å². The van der Waals surface area contributed by atoms with Crippen LogP contribution in [0.2, 0.25) is 0 Å². The molecule has 226 valence electrons. The van der Waals surface area contributed by atoms with Crippen LogP contribution in [0.25, 0.3) is 27.8 Å². The minimum absolute atomic E-state index is 0.171. The van der Waals surface area contributed by atoms with Gasteiger partial charge in [0.15, 0.2) is 0 Å². The van der Waals surface area contributed by atoms with E-state index in [9.17, 15) is 0 Å². The van der Waals surface area contributed by atoms with E-state index in [1.54, 1.807) is 0 Å². The van der Waals surface area contributed by atoms with E-state index in [2.05, 4.69) is 172 Å². The highest BCUT2D eigenvalue weighted by Gasteiger charge is 2.50. The molecule has 0 radical (unpaired) electrons. The highest BCUT2D eigenvalue weighted by Crippen LogP contribution is 2.65. The quantitative estimate of drug-likeness (QED) is 0.198. The SMILES string of the molecule is Cc1ccc(N)c(-c2cc(C3(c4ccccc4)c4ccccc4-c4ccccc43)cc3c2SC2(C)C(c4ccccc4)=CC=CC32)c1. The molecule has 2 N–H and O–H groups in total. The van der Waals surface area contributed by atoms with E-state index in [4.69, 9.17) is 5.73 Å². The van der Waals surface area contributed by atoms with Gasteiger partial charge in [0.25, 0.3) is 0 Å². The van der Waals surface area contributed by atoms with Crippen LogP contribution in [0.4, 0.5) is 5.69 Å². The second-order valence-electron chi connectivity index (χ2n) is 13.3. The lowest BCUT2D eigenvalue weighted by Crippen LogP contribution is -2.29. The molecule has 0 bridgehead atoms. The standard InChI is InChI=1S/C45H35NS/c1-29-24-25-42(46)35(26-29)36-27-32(28-37-39-23-13-22-38(30-14-5-3-6-15-30)44(39,2)47-43(36)37)45(31-16-7-4-8-17-31)40-20-11-9-18-33(40)34-19-10-12-21-41(34)45/h3-28,39H,46H2,1-2H3. The van der Waals surface area contributed by atoms with Crippen LogP contribution in [0.15, 0.2) is 163 Å². The predicted octanol–water partition coefficient (Wildman–Crippen LogP) is 11.2. The first-order valence-corrected chi connectivity index (χ1v) is 17.2. The average molecular weight is 622 g/mol. The van der Waals surface area contributed by atoms with Crippen molar-refractivity contribution >= 4 is 23.0 Å². The third-order valence-electron chi connectivity index (χ3n) is 10.6. The first-order chi connectivity index (χ1) is 23.0. The summed E-state index contributed by atoms with van der Waals surface area (Å²) in [5, 5.41) is 0. The van der Waals surface area contributed by atoms with Gasteiger partial charge in [-0.2, -0.15) is 0 Å². The third-order valence-corrected chi connectivity index (χ3v) is 12.2. The molecule has 1 heterocycles. The second-order valence-corrected chi connectivity index (χ2v) is 14.7. The molecule has 3 aliphatic rings. The molecule has 6 aromatic carbocycles. The number of nitrogen functional groups attached to an aromatic ring is 1. The Labute approximate surface area is 281 Å². The van der Waals surface area contributed by atoms with Gasteiger partial charge < -0.3 is 5.73 Å². The summed E-state index contributed by atoms with van der Waals surface area (Å²) in [4.78, 5) is 1.33. The Morgan fingerprint density at radius 1 is 0.617 bits per heavy atom. The third kappa shape index (κ3) is 3.98. The lowest BCUT2D eigenvalue weighted by Gasteiger charge is -2.36. The van der Waals surface area contributed by atoms with Crippen LogP contribution in [-0.2, 0) is 5.41 Å². The monoisotopic (exact) mass is 621 g/mol. The molecule has 6 aromatic rings. The van der Waals surface area contributed by atoms with Gasteiger partial charge in [0.2, 0.25) is 0 Å². The zero-order valence-corrected chi connectivity index (χ0v) is 27.4. The number of fused-ring (bicyclic) bond motifs is 6. The Bertz CT molecular complexity index is 2220. The van der Waals surface area contributed by atoms with Gasteiger partial charge in [-0.15, -0.1) is 11.8 Å². The number of rotatable bonds is 4. The van der Waals surface area contributed by atoms with Crippen LogP contribution in [0.3, 0.4) is 0 Å². The molecule has 0 aromatic heterocycles. The summed E-state index contributed by atoms with van der Waals surface area (Å²) in [6.45, 7) is 4.59. The zero-order valence-electron chi connectivity index (χ0n) is 26.6. The largest absolute Gasteiger partial charge is 0.398 e. The number of hydrogen-bond donors (Lipinski definition) is 1. The van der Waals surface area contributed by atoms with Crippen molar-refractivity contribution in [2.75, 3.05) is 5.73 Å². The Balaban J connectivity index is 1.38. The van der Waals surface area contributed by atoms with Gasteiger partial charge in [-0.05, 0) is 87.7 Å². The van der Waals surface area contributed by atoms with Gasteiger partial charge in [-0.25, -0.2) is 0 Å². The van der Waals surface area contributed by atoms with E-state index in [0.29, 0.717) is 0 Å². The summed E-state index contributed by atoms with van der Waals surface area (Å²) in [6, 6.07) is 51.5. The smallest absolute Gasteiger partial charge is 0.0713 e. The molecule has 0 spiro atoms. The maximum atomic E-state index is 6.88. The summed E-state index contributed by atoms with van der Waals surface area (Å²) in [7, 11) is 0. The number of allylic oxidation sites excluding steroid dienone is 3. The number of nitrogens with two attached hydrogens (primary N) is 1. The van der Waals surface area contributed by atoms with Crippen LogP contribution in [0.1, 0.15) is 51.8 Å². The maximum Gasteiger partial charge on any atom is 0.0713 e.